The van der Waals surface area contributed by atoms with Gasteiger partial charge in [0.15, 0.2) is 6.29 Å². The van der Waals surface area contributed by atoms with E-state index in [1.165, 1.54) is 11.1 Å². The number of nitrogens with zero attached hydrogens (tertiary/aromatic N) is 1. The van der Waals surface area contributed by atoms with Gasteiger partial charge < -0.3 is 4.98 Å². The molecule has 2 aromatic carbocycles. The fourth-order valence-electron chi connectivity index (χ4n) is 2.17. The third-order valence-electron chi connectivity index (χ3n) is 3.21. The summed E-state index contributed by atoms with van der Waals surface area (Å²) in [7, 11) is 0. The van der Waals surface area contributed by atoms with E-state index in [4.69, 9.17) is 0 Å². The molecular weight excluding hydrogens is 248 g/mol. The van der Waals surface area contributed by atoms with Crippen molar-refractivity contribution in [3.63, 3.8) is 0 Å². The lowest BCUT2D eigenvalue weighted by molar-refractivity contribution is 0.111. The zero-order chi connectivity index (χ0) is 13.8. The Morgan fingerprint density at radius 2 is 1.65 bits per heavy atom. The fraction of sp³-hybridized carbons (Fsp3) is 0.0588. The molecule has 20 heavy (non-hydrogen) atoms. The van der Waals surface area contributed by atoms with Gasteiger partial charge in [-0.05, 0) is 16.7 Å². The smallest absolute Gasteiger partial charge is 0.167 e. The van der Waals surface area contributed by atoms with Crippen molar-refractivity contribution in [3.05, 3.63) is 77.9 Å². The number of aldehydes is 1. The van der Waals surface area contributed by atoms with Crippen molar-refractivity contribution in [2.75, 3.05) is 0 Å². The molecule has 0 aliphatic carbocycles. The first-order valence-corrected chi connectivity index (χ1v) is 6.48. The Morgan fingerprint density at radius 1 is 0.950 bits per heavy atom. The van der Waals surface area contributed by atoms with Crippen molar-refractivity contribution in [2.45, 2.75) is 6.42 Å². The molecule has 1 N–H and O–H groups in total. The maximum absolute atomic E-state index is 10.6. The van der Waals surface area contributed by atoms with Gasteiger partial charge in [0.1, 0.15) is 5.82 Å². The van der Waals surface area contributed by atoms with Gasteiger partial charge in [0.05, 0.1) is 11.9 Å². The SMILES string of the molecule is O=Cc1cnc(Cc2ccc(-c3ccccc3)cc2)[nH]1. The summed E-state index contributed by atoms with van der Waals surface area (Å²) >= 11 is 0. The van der Waals surface area contributed by atoms with Crippen molar-refractivity contribution >= 4 is 6.29 Å². The minimum absolute atomic E-state index is 0.515. The second kappa shape index (κ2) is 5.53. The first-order chi connectivity index (χ1) is 9.85. The molecule has 0 radical (unpaired) electrons. The van der Waals surface area contributed by atoms with E-state index >= 15 is 0 Å². The molecule has 0 fully saturated rings. The Kier molecular flexibility index (Phi) is 3.42. The number of aromatic nitrogens is 2. The Morgan fingerprint density at radius 3 is 2.30 bits per heavy atom. The average Bonchev–Trinajstić information content (AvgIpc) is 2.97. The van der Waals surface area contributed by atoms with Gasteiger partial charge in [-0.15, -0.1) is 0 Å². The predicted molar refractivity (Wildman–Crippen MR) is 78.7 cm³/mol. The van der Waals surface area contributed by atoms with Crippen LogP contribution in [0.25, 0.3) is 11.1 Å². The maximum Gasteiger partial charge on any atom is 0.167 e. The molecule has 0 aliphatic heterocycles. The van der Waals surface area contributed by atoms with Gasteiger partial charge in [0, 0.05) is 6.42 Å². The zero-order valence-corrected chi connectivity index (χ0v) is 10.9. The quantitative estimate of drug-likeness (QED) is 0.732. The normalized spacial score (nSPS) is 10.4. The number of rotatable bonds is 4. The number of carbonyl (C=O) groups is 1. The molecule has 0 unspecified atom stereocenters. The van der Waals surface area contributed by atoms with E-state index in [0.717, 1.165) is 17.7 Å². The van der Waals surface area contributed by atoms with Crippen LogP contribution in [0.5, 0.6) is 0 Å². The van der Waals surface area contributed by atoms with Crippen LogP contribution in [-0.4, -0.2) is 16.3 Å². The van der Waals surface area contributed by atoms with Crippen LogP contribution in [0, 0.1) is 0 Å². The van der Waals surface area contributed by atoms with Crippen LogP contribution in [0.1, 0.15) is 21.9 Å². The molecule has 3 aromatic rings. The highest BCUT2D eigenvalue weighted by Crippen LogP contribution is 2.19. The summed E-state index contributed by atoms with van der Waals surface area (Å²) in [4.78, 5) is 17.8. The van der Waals surface area contributed by atoms with Gasteiger partial charge in [0.25, 0.3) is 0 Å². The fourth-order valence-corrected chi connectivity index (χ4v) is 2.17. The minimum atomic E-state index is 0.515. The lowest BCUT2D eigenvalue weighted by atomic mass is 10.0. The average molecular weight is 262 g/mol. The van der Waals surface area contributed by atoms with E-state index in [0.29, 0.717) is 12.1 Å². The molecule has 3 heteroatoms. The van der Waals surface area contributed by atoms with Crippen LogP contribution in [0.4, 0.5) is 0 Å². The van der Waals surface area contributed by atoms with E-state index in [1.807, 2.05) is 18.2 Å². The second-order valence-electron chi connectivity index (χ2n) is 4.64. The minimum Gasteiger partial charge on any atom is -0.340 e. The summed E-state index contributed by atoms with van der Waals surface area (Å²) in [5.74, 6) is 0.805. The zero-order valence-electron chi connectivity index (χ0n) is 10.9. The highest BCUT2D eigenvalue weighted by Gasteiger charge is 2.02. The lowest BCUT2D eigenvalue weighted by Gasteiger charge is -2.03. The maximum atomic E-state index is 10.6. The van der Waals surface area contributed by atoms with Gasteiger partial charge in [-0.25, -0.2) is 4.98 Å². The summed E-state index contributed by atoms with van der Waals surface area (Å²) in [6.45, 7) is 0. The molecule has 0 atom stereocenters. The number of hydrogen-bond acceptors (Lipinski definition) is 2. The van der Waals surface area contributed by atoms with E-state index < -0.39 is 0 Å². The van der Waals surface area contributed by atoms with Crippen LogP contribution < -0.4 is 0 Å². The van der Waals surface area contributed by atoms with Crippen LogP contribution in [-0.2, 0) is 6.42 Å². The lowest BCUT2D eigenvalue weighted by Crippen LogP contribution is -1.91. The molecule has 0 saturated heterocycles. The number of carbonyl (C=O) groups excluding carboxylic acids is 1. The summed E-state index contributed by atoms with van der Waals surface area (Å²) in [5.41, 5.74) is 4.08. The number of nitrogens with one attached hydrogen (secondary N) is 1. The number of aromatic amines is 1. The number of benzene rings is 2. The molecule has 1 aromatic heterocycles. The highest BCUT2D eigenvalue weighted by molar-refractivity contribution is 5.71. The first kappa shape index (κ1) is 12.4. The topological polar surface area (TPSA) is 45.8 Å². The summed E-state index contributed by atoms with van der Waals surface area (Å²) in [5, 5.41) is 0. The first-order valence-electron chi connectivity index (χ1n) is 6.48. The van der Waals surface area contributed by atoms with Crippen molar-refractivity contribution in [1.29, 1.82) is 0 Å². The van der Waals surface area contributed by atoms with Crippen molar-refractivity contribution in [3.8, 4) is 11.1 Å². The van der Waals surface area contributed by atoms with Gasteiger partial charge in [0.2, 0.25) is 0 Å². The number of imidazole rings is 1. The van der Waals surface area contributed by atoms with Crippen molar-refractivity contribution in [1.82, 2.24) is 9.97 Å². The molecular formula is C17H14N2O. The number of hydrogen-bond donors (Lipinski definition) is 1. The van der Waals surface area contributed by atoms with Gasteiger partial charge >= 0.3 is 0 Å². The van der Waals surface area contributed by atoms with Crippen molar-refractivity contribution in [2.24, 2.45) is 0 Å². The van der Waals surface area contributed by atoms with Crippen LogP contribution >= 0.6 is 0 Å². The highest BCUT2D eigenvalue weighted by atomic mass is 16.1. The predicted octanol–water partition coefficient (Wildman–Crippen LogP) is 3.48. The molecule has 98 valence electrons. The van der Waals surface area contributed by atoms with E-state index in [-0.39, 0.29) is 0 Å². The Labute approximate surface area is 117 Å². The third-order valence-corrected chi connectivity index (χ3v) is 3.21. The largest absolute Gasteiger partial charge is 0.340 e. The second-order valence-corrected chi connectivity index (χ2v) is 4.64. The van der Waals surface area contributed by atoms with Crippen LogP contribution in [0.2, 0.25) is 0 Å². The van der Waals surface area contributed by atoms with E-state index in [2.05, 4.69) is 46.4 Å². The molecule has 0 amide bonds. The standard InChI is InChI=1S/C17H14N2O/c20-12-16-11-18-17(19-16)10-13-6-8-15(9-7-13)14-4-2-1-3-5-14/h1-9,11-12H,10H2,(H,18,19). The molecule has 1 heterocycles. The monoisotopic (exact) mass is 262 g/mol. The number of H-pyrrole nitrogens is 1. The van der Waals surface area contributed by atoms with Crippen LogP contribution in [0.3, 0.4) is 0 Å². The van der Waals surface area contributed by atoms with Gasteiger partial charge in [-0.1, -0.05) is 54.6 Å². The molecule has 0 aliphatic rings. The molecule has 0 saturated carbocycles. The third kappa shape index (κ3) is 2.67. The molecule has 3 rings (SSSR count). The Hall–Kier alpha value is -2.68. The van der Waals surface area contributed by atoms with Gasteiger partial charge in [-0.2, -0.15) is 0 Å². The molecule has 0 spiro atoms. The van der Waals surface area contributed by atoms with Crippen molar-refractivity contribution < 1.29 is 4.79 Å². The van der Waals surface area contributed by atoms with E-state index in [9.17, 15) is 4.79 Å². The summed E-state index contributed by atoms with van der Waals surface area (Å²) in [6, 6.07) is 18.7. The summed E-state index contributed by atoms with van der Waals surface area (Å²) < 4.78 is 0. The Balaban J connectivity index is 1.78. The van der Waals surface area contributed by atoms with Crippen LogP contribution in [0.15, 0.2) is 60.8 Å². The van der Waals surface area contributed by atoms with E-state index in [1.54, 1.807) is 6.20 Å². The molecule has 3 nitrogen and oxygen atoms in total. The van der Waals surface area contributed by atoms with Gasteiger partial charge in [-0.3, -0.25) is 4.79 Å². The molecule has 0 bridgehead atoms. The summed E-state index contributed by atoms with van der Waals surface area (Å²) in [6.07, 6.45) is 3.03. The Bertz CT molecular complexity index is 699.